The monoisotopic (exact) mass is 177 g/mol. The molecule has 0 aromatic heterocycles. The lowest BCUT2D eigenvalue weighted by Crippen LogP contribution is -2.44. The van der Waals surface area contributed by atoms with Crippen molar-refractivity contribution < 1.29 is 8.85 Å². The fourth-order valence-electron chi connectivity index (χ4n) is 0.652. The molecule has 0 unspecified atom stereocenters. The van der Waals surface area contributed by atoms with E-state index in [1.165, 1.54) is 0 Å². The highest BCUT2D eigenvalue weighted by atomic mass is 28.3. The van der Waals surface area contributed by atoms with Gasteiger partial charge in [-0.05, 0) is 20.8 Å². The first-order chi connectivity index (χ1) is 4.99. The third kappa shape index (κ3) is 6.49. The van der Waals surface area contributed by atoms with Crippen LogP contribution in [0.2, 0.25) is 0 Å². The normalized spacial score (nSPS) is 12.5. The minimum atomic E-state index is -1.40. The maximum absolute atomic E-state index is 5.15. The molecule has 0 rings (SSSR count). The van der Waals surface area contributed by atoms with Gasteiger partial charge >= 0.3 is 9.28 Å². The number of hydrogen-bond acceptors (Lipinski definition) is 3. The largest absolute Gasteiger partial charge is 0.399 e. The van der Waals surface area contributed by atoms with Crippen LogP contribution in [0.25, 0.3) is 0 Å². The fourth-order valence-corrected chi connectivity index (χ4v) is 1.96. The van der Waals surface area contributed by atoms with Gasteiger partial charge in [-0.25, -0.2) is 0 Å². The molecule has 0 radical (unpaired) electrons. The van der Waals surface area contributed by atoms with Crippen LogP contribution in [0.1, 0.15) is 20.8 Å². The molecule has 0 fully saturated rings. The first-order valence-corrected chi connectivity index (χ1v) is 5.56. The molecule has 0 atom stereocenters. The molecule has 0 aromatic rings. The zero-order valence-corrected chi connectivity index (χ0v) is 9.26. The van der Waals surface area contributed by atoms with Crippen LogP contribution in [0.3, 0.4) is 0 Å². The van der Waals surface area contributed by atoms with E-state index in [0.717, 1.165) is 6.17 Å². The molecule has 4 heteroatoms. The van der Waals surface area contributed by atoms with E-state index in [-0.39, 0.29) is 5.54 Å². The first kappa shape index (κ1) is 11.1. The highest BCUT2D eigenvalue weighted by Crippen LogP contribution is 1.98. The predicted octanol–water partition coefficient (Wildman–Crippen LogP) is 0.427. The average Bonchev–Trinajstić information content (AvgIpc) is 1.88. The van der Waals surface area contributed by atoms with E-state index in [2.05, 4.69) is 26.1 Å². The Kier molecular flexibility index (Phi) is 4.91. The third-order valence-electron chi connectivity index (χ3n) is 1.32. The Hall–Kier alpha value is 0.0969. The highest BCUT2D eigenvalue weighted by Gasteiger charge is 2.14. The molecule has 0 heterocycles. The van der Waals surface area contributed by atoms with Gasteiger partial charge in [0.1, 0.15) is 0 Å². The van der Waals surface area contributed by atoms with Crippen molar-refractivity contribution in [1.82, 2.24) is 5.32 Å². The lowest BCUT2D eigenvalue weighted by atomic mass is 10.1. The summed E-state index contributed by atoms with van der Waals surface area (Å²) in [7, 11) is 2.00. The van der Waals surface area contributed by atoms with E-state index in [1.54, 1.807) is 14.2 Å². The van der Waals surface area contributed by atoms with Crippen LogP contribution in [0.15, 0.2) is 0 Å². The Morgan fingerprint density at radius 3 is 1.91 bits per heavy atom. The second kappa shape index (κ2) is 4.87. The maximum atomic E-state index is 5.15. The van der Waals surface area contributed by atoms with Gasteiger partial charge in [0.25, 0.3) is 0 Å². The van der Waals surface area contributed by atoms with Crippen molar-refractivity contribution in [3.63, 3.8) is 0 Å². The molecule has 11 heavy (non-hydrogen) atoms. The van der Waals surface area contributed by atoms with E-state index < -0.39 is 9.28 Å². The fraction of sp³-hybridized carbons (Fsp3) is 1.00. The summed E-state index contributed by atoms with van der Waals surface area (Å²) in [6.07, 6.45) is 0.858. The van der Waals surface area contributed by atoms with E-state index >= 15 is 0 Å². The highest BCUT2D eigenvalue weighted by molar-refractivity contribution is 6.44. The molecule has 0 amide bonds. The number of nitrogens with one attached hydrogen (secondary N) is 1. The first-order valence-electron chi connectivity index (χ1n) is 3.80. The van der Waals surface area contributed by atoms with E-state index in [4.69, 9.17) is 8.85 Å². The summed E-state index contributed by atoms with van der Waals surface area (Å²) in [5.74, 6) is 0. The molecule has 0 aliphatic carbocycles. The van der Waals surface area contributed by atoms with Crippen LogP contribution in [0, 0.1) is 0 Å². The second-order valence-corrected chi connectivity index (χ2v) is 5.74. The smallest absolute Gasteiger partial charge is 0.335 e. The molecule has 0 spiro atoms. The zero-order chi connectivity index (χ0) is 8.91. The van der Waals surface area contributed by atoms with Crippen molar-refractivity contribution in [1.29, 1.82) is 0 Å². The summed E-state index contributed by atoms with van der Waals surface area (Å²) in [6.45, 7) is 6.39. The Balaban J connectivity index is 3.51. The van der Waals surface area contributed by atoms with Crippen molar-refractivity contribution in [3.8, 4) is 0 Å². The van der Waals surface area contributed by atoms with Crippen LogP contribution >= 0.6 is 0 Å². The molecule has 0 aromatic carbocycles. The minimum Gasteiger partial charge on any atom is -0.399 e. The maximum Gasteiger partial charge on any atom is 0.335 e. The minimum absolute atomic E-state index is 0.155. The van der Waals surface area contributed by atoms with Crippen LogP contribution < -0.4 is 5.32 Å². The lowest BCUT2D eigenvalue weighted by Gasteiger charge is -2.22. The van der Waals surface area contributed by atoms with E-state index in [0.29, 0.717) is 0 Å². The van der Waals surface area contributed by atoms with E-state index in [1.807, 2.05) is 0 Å². The molecular weight excluding hydrogens is 158 g/mol. The molecule has 68 valence electrons. The summed E-state index contributed by atoms with van der Waals surface area (Å²) in [4.78, 5) is 0. The van der Waals surface area contributed by atoms with Gasteiger partial charge in [-0.2, -0.15) is 0 Å². The Morgan fingerprint density at radius 1 is 1.18 bits per heavy atom. The van der Waals surface area contributed by atoms with Crippen molar-refractivity contribution in [3.05, 3.63) is 0 Å². The molecule has 0 saturated carbocycles. The summed E-state index contributed by atoms with van der Waals surface area (Å²) in [5, 5.41) is 3.34. The van der Waals surface area contributed by atoms with Gasteiger partial charge in [0.15, 0.2) is 0 Å². The molecule has 0 saturated heterocycles. The van der Waals surface area contributed by atoms with Gasteiger partial charge in [-0.15, -0.1) is 0 Å². The van der Waals surface area contributed by atoms with Gasteiger partial charge in [-0.3, -0.25) is 0 Å². The SMILES string of the molecule is CO[SiH](CNC(C)(C)C)OC. The lowest BCUT2D eigenvalue weighted by molar-refractivity contribution is 0.268. The molecule has 0 aliphatic heterocycles. The Labute approximate surface area is 70.9 Å². The van der Waals surface area contributed by atoms with Crippen molar-refractivity contribution >= 4 is 9.28 Å². The van der Waals surface area contributed by atoms with Crippen LogP contribution in [-0.2, 0) is 8.85 Å². The Morgan fingerprint density at radius 2 is 1.64 bits per heavy atom. The summed E-state index contributed by atoms with van der Waals surface area (Å²) >= 11 is 0. The van der Waals surface area contributed by atoms with Crippen LogP contribution in [-0.4, -0.2) is 35.2 Å². The molecule has 0 aliphatic rings. The second-order valence-electron chi connectivity index (χ2n) is 3.53. The Bertz CT molecular complexity index is 99.1. The topological polar surface area (TPSA) is 30.5 Å². The van der Waals surface area contributed by atoms with Crippen LogP contribution in [0.5, 0.6) is 0 Å². The van der Waals surface area contributed by atoms with E-state index in [9.17, 15) is 0 Å². The number of hydrogen-bond donors (Lipinski definition) is 1. The quantitative estimate of drug-likeness (QED) is 0.632. The predicted molar refractivity (Wildman–Crippen MR) is 48.9 cm³/mol. The van der Waals surface area contributed by atoms with Gasteiger partial charge in [0, 0.05) is 25.9 Å². The number of rotatable bonds is 4. The van der Waals surface area contributed by atoms with Crippen molar-refractivity contribution in [2.75, 3.05) is 20.4 Å². The van der Waals surface area contributed by atoms with Gasteiger partial charge in [-0.1, -0.05) is 0 Å². The summed E-state index contributed by atoms with van der Waals surface area (Å²) in [5.41, 5.74) is 0.155. The summed E-state index contributed by atoms with van der Waals surface area (Å²) < 4.78 is 10.3. The van der Waals surface area contributed by atoms with Crippen molar-refractivity contribution in [2.24, 2.45) is 0 Å². The molecule has 0 bridgehead atoms. The van der Waals surface area contributed by atoms with Crippen molar-refractivity contribution in [2.45, 2.75) is 26.3 Å². The molecule has 3 nitrogen and oxygen atoms in total. The third-order valence-corrected chi connectivity index (χ3v) is 2.91. The molecule has 1 N–H and O–H groups in total. The van der Waals surface area contributed by atoms with Gasteiger partial charge in [0.2, 0.25) is 0 Å². The van der Waals surface area contributed by atoms with Crippen LogP contribution in [0.4, 0.5) is 0 Å². The summed E-state index contributed by atoms with van der Waals surface area (Å²) in [6, 6.07) is 0. The molecular formula is C7H19NO2Si. The standard InChI is InChI=1S/C7H19NO2Si/c1-7(2,3)8-6-11(9-4)10-5/h8,11H,6H2,1-5H3. The van der Waals surface area contributed by atoms with Gasteiger partial charge in [0.05, 0.1) is 0 Å². The zero-order valence-electron chi connectivity index (χ0n) is 8.10. The van der Waals surface area contributed by atoms with Gasteiger partial charge < -0.3 is 14.2 Å². The average molecular weight is 177 g/mol.